The van der Waals surface area contributed by atoms with Crippen LogP contribution in [0, 0.1) is 0 Å². The summed E-state index contributed by atoms with van der Waals surface area (Å²) in [4.78, 5) is 0. The maximum Gasteiger partial charge on any atom is 0.261 e. The van der Waals surface area contributed by atoms with Crippen molar-refractivity contribution >= 4 is 0 Å². The zero-order valence-corrected chi connectivity index (χ0v) is 12.1. The molecule has 0 amide bonds. The van der Waals surface area contributed by atoms with Gasteiger partial charge in [-0.3, -0.25) is 16.0 Å². The van der Waals surface area contributed by atoms with Crippen LogP contribution in [0.4, 0.5) is 8.78 Å². The zero-order valence-electron chi connectivity index (χ0n) is 12.1. The first-order chi connectivity index (χ1) is 9.60. The number of alkyl halides is 2. The standard InChI is InChI=1S/C13H24F2N4O/c1-3-10-7-12(19(4-2)18-10)8-11(17-16)5-6-20-9-13(14)15/h7,11,13,17H,3-6,8-9,16H2,1-2H3. The second-order valence-electron chi connectivity index (χ2n) is 4.62. The van der Waals surface area contributed by atoms with Crippen LogP contribution in [-0.2, 0) is 24.1 Å². The Morgan fingerprint density at radius 1 is 1.45 bits per heavy atom. The molecule has 0 aliphatic heterocycles. The molecule has 116 valence electrons. The van der Waals surface area contributed by atoms with Gasteiger partial charge < -0.3 is 4.74 Å². The van der Waals surface area contributed by atoms with Crippen LogP contribution in [0.1, 0.15) is 31.7 Å². The Labute approximate surface area is 118 Å². The van der Waals surface area contributed by atoms with E-state index in [1.807, 2.05) is 11.6 Å². The molecule has 0 radical (unpaired) electrons. The minimum absolute atomic E-state index is 0.0145. The normalized spacial score (nSPS) is 13.1. The SMILES string of the molecule is CCc1cc(CC(CCOCC(F)F)NN)n(CC)n1. The van der Waals surface area contributed by atoms with Crippen molar-refractivity contribution in [2.45, 2.75) is 52.1 Å². The summed E-state index contributed by atoms with van der Waals surface area (Å²) in [6.07, 6.45) is -0.249. The van der Waals surface area contributed by atoms with E-state index in [1.54, 1.807) is 0 Å². The molecule has 5 nitrogen and oxygen atoms in total. The highest BCUT2D eigenvalue weighted by atomic mass is 19.3. The fourth-order valence-corrected chi connectivity index (χ4v) is 2.02. The predicted molar refractivity (Wildman–Crippen MR) is 73.5 cm³/mol. The summed E-state index contributed by atoms with van der Waals surface area (Å²) < 4.78 is 30.7. The van der Waals surface area contributed by atoms with Gasteiger partial charge in [-0.1, -0.05) is 6.92 Å². The van der Waals surface area contributed by atoms with Crippen molar-refractivity contribution in [1.82, 2.24) is 15.2 Å². The number of aromatic nitrogens is 2. The smallest absolute Gasteiger partial charge is 0.261 e. The maximum atomic E-state index is 12.0. The number of hydrazine groups is 1. The Morgan fingerprint density at radius 3 is 2.75 bits per heavy atom. The molecule has 1 atom stereocenters. The van der Waals surface area contributed by atoms with Crippen LogP contribution in [0.2, 0.25) is 0 Å². The van der Waals surface area contributed by atoms with Crippen molar-refractivity contribution in [2.75, 3.05) is 13.2 Å². The van der Waals surface area contributed by atoms with Gasteiger partial charge in [0.1, 0.15) is 6.61 Å². The molecule has 1 aromatic heterocycles. The fraction of sp³-hybridized carbons (Fsp3) is 0.769. The van der Waals surface area contributed by atoms with Crippen molar-refractivity contribution in [3.05, 3.63) is 17.5 Å². The van der Waals surface area contributed by atoms with Crippen LogP contribution in [0.15, 0.2) is 6.07 Å². The number of hydrogen-bond acceptors (Lipinski definition) is 4. The molecule has 0 aliphatic carbocycles. The van der Waals surface area contributed by atoms with Gasteiger partial charge in [0.15, 0.2) is 0 Å². The molecule has 0 saturated carbocycles. The zero-order chi connectivity index (χ0) is 15.0. The lowest BCUT2D eigenvalue weighted by atomic mass is 10.1. The van der Waals surface area contributed by atoms with Gasteiger partial charge in [0.25, 0.3) is 6.43 Å². The third-order valence-corrected chi connectivity index (χ3v) is 3.12. The first-order valence-corrected chi connectivity index (χ1v) is 6.98. The second kappa shape index (κ2) is 8.99. The van der Waals surface area contributed by atoms with Gasteiger partial charge in [0.2, 0.25) is 0 Å². The summed E-state index contributed by atoms with van der Waals surface area (Å²) in [5, 5.41) is 4.47. The summed E-state index contributed by atoms with van der Waals surface area (Å²) in [5.41, 5.74) is 4.85. The van der Waals surface area contributed by atoms with Crippen LogP contribution in [0.25, 0.3) is 0 Å². The average molecular weight is 290 g/mol. The molecule has 0 bridgehead atoms. The van der Waals surface area contributed by atoms with E-state index in [-0.39, 0.29) is 12.6 Å². The Hall–Kier alpha value is -1.05. The minimum atomic E-state index is -2.42. The number of nitrogens with zero attached hydrogens (tertiary/aromatic N) is 2. The van der Waals surface area contributed by atoms with E-state index in [1.165, 1.54) is 0 Å². The topological polar surface area (TPSA) is 65.1 Å². The lowest BCUT2D eigenvalue weighted by Gasteiger charge is -2.16. The number of nitrogens with one attached hydrogen (secondary N) is 1. The summed E-state index contributed by atoms with van der Waals surface area (Å²) in [5.74, 6) is 5.51. The van der Waals surface area contributed by atoms with Crippen LogP contribution in [0.5, 0.6) is 0 Å². The largest absolute Gasteiger partial charge is 0.375 e. The Morgan fingerprint density at radius 2 is 2.20 bits per heavy atom. The van der Waals surface area contributed by atoms with Gasteiger partial charge in [0.05, 0.1) is 5.69 Å². The van der Waals surface area contributed by atoms with Gasteiger partial charge in [-0.2, -0.15) is 5.10 Å². The van der Waals surface area contributed by atoms with E-state index in [9.17, 15) is 8.78 Å². The summed E-state index contributed by atoms with van der Waals surface area (Å²) in [6, 6.07) is 2.05. The molecule has 0 saturated heterocycles. The first-order valence-electron chi connectivity index (χ1n) is 6.98. The van der Waals surface area contributed by atoms with Crippen LogP contribution >= 0.6 is 0 Å². The van der Waals surface area contributed by atoms with E-state index in [2.05, 4.69) is 23.5 Å². The Balaban J connectivity index is 2.48. The van der Waals surface area contributed by atoms with Gasteiger partial charge in [-0.05, 0) is 25.8 Å². The molecule has 0 aromatic carbocycles. The van der Waals surface area contributed by atoms with E-state index >= 15 is 0 Å². The van der Waals surface area contributed by atoms with Gasteiger partial charge in [-0.15, -0.1) is 0 Å². The molecule has 1 rings (SSSR count). The number of hydrogen-bond donors (Lipinski definition) is 2. The van der Waals surface area contributed by atoms with E-state index in [0.717, 1.165) is 24.4 Å². The third kappa shape index (κ3) is 5.52. The molecule has 1 heterocycles. The van der Waals surface area contributed by atoms with Crippen LogP contribution in [0.3, 0.4) is 0 Å². The highest BCUT2D eigenvalue weighted by molar-refractivity contribution is 5.11. The molecule has 0 aliphatic rings. The molecular formula is C13H24F2N4O. The maximum absolute atomic E-state index is 12.0. The Bertz CT molecular complexity index is 384. The quantitative estimate of drug-likeness (QED) is 0.389. The van der Waals surface area contributed by atoms with E-state index < -0.39 is 13.0 Å². The molecule has 0 fully saturated rings. The van der Waals surface area contributed by atoms with Crippen molar-refractivity contribution in [3.8, 4) is 0 Å². The van der Waals surface area contributed by atoms with Crippen LogP contribution < -0.4 is 11.3 Å². The molecule has 0 spiro atoms. The number of aryl methyl sites for hydroxylation is 2. The summed E-state index contributed by atoms with van der Waals surface area (Å²) in [7, 11) is 0. The number of rotatable bonds is 10. The monoisotopic (exact) mass is 290 g/mol. The van der Waals surface area contributed by atoms with Gasteiger partial charge in [0, 0.05) is 31.3 Å². The van der Waals surface area contributed by atoms with Crippen molar-refractivity contribution in [2.24, 2.45) is 5.84 Å². The van der Waals surface area contributed by atoms with E-state index in [0.29, 0.717) is 12.8 Å². The molecule has 7 heteroatoms. The second-order valence-corrected chi connectivity index (χ2v) is 4.62. The summed E-state index contributed by atoms with van der Waals surface area (Å²) in [6.45, 7) is 4.63. The molecule has 20 heavy (non-hydrogen) atoms. The number of halogens is 2. The average Bonchev–Trinajstić information content (AvgIpc) is 2.84. The highest BCUT2D eigenvalue weighted by Crippen LogP contribution is 2.10. The minimum Gasteiger partial charge on any atom is -0.375 e. The number of nitrogens with two attached hydrogens (primary N) is 1. The van der Waals surface area contributed by atoms with Crippen molar-refractivity contribution in [3.63, 3.8) is 0 Å². The van der Waals surface area contributed by atoms with Crippen molar-refractivity contribution in [1.29, 1.82) is 0 Å². The van der Waals surface area contributed by atoms with Crippen LogP contribution in [-0.4, -0.2) is 35.5 Å². The molecule has 1 unspecified atom stereocenters. The van der Waals surface area contributed by atoms with E-state index in [4.69, 9.17) is 10.6 Å². The Kier molecular flexibility index (Phi) is 7.64. The lowest BCUT2D eigenvalue weighted by Crippen LogP contribution is -2.38. The summed E-state index contributed by atoms with van der Waals surface area (Å²) >= 11 is 0. The fourth-order valence-electron chi connectivity index (χ4n) is 2.02. The molecule has 3 N–H and O–H groups in total. The van der Waals surface area contributed by atoms with Gasteiger partial charge >= 0.3 is 0 Å². The highest BCUT2D eigenvalue weighted by Gasteiger charge is 2.13. The number of ether oxygens (including phenoxy) is 1. The van der Waals surface area contributed by atoms with Gasteiger partial charge in [-0.25, -0.2) is 8.78 Å². The van der Waals surface area contributed by atoms with Crippen molar-refractivity contribution < 1.29 is 13.5 Å². The molecule has 1 aromatic rings. The third-order valence-electron chi connectivity index (χ3n) is 3.12. The first kappa shape index (κ1) is 17.0. The lowest BCUT2D eigenvalue weighted by molar-refractivity contribution is 0.0144. The predicted octanol–water partition coefficient (Wildman–Crippen LogP) is 1.51. The molecular weight excluding hydrogens is 266 g/mol.